The summed E-state index contributed by atoms with van der Waals surface area (Å²) in [5.74, 6) is 1.07. The lowest BCUT2D eigenvalue weighted by Crippen LogP contribution is -2.29. The van der Waals surface area contributed by atoms with Crippen LogP contribution in [-0.2, 0) is 6.42 Å². The van der Waals surface area contributed by atoms with E-state index >= 15 is 0 Å². The van der Waals surface area contributed by atoms with Gasteiger partial charge in [-0.1, -0.05) is 6.92 Å². The van der Waals surface area contributed by atoms with Crippen molar-refractivity contribution in [3.8, 4) is 0 Å². The Labute approximate surface area is 96.9 Å². The molecule has 1 fully saturated rings. The van der Waals surface area contributed by atoms with Gasteiger partial charge in [0.15, 0.2) is 0 Å². The van der Waals surface area contributed by atoms with Crippen LogP contribution in [0.5, 0.6) is 0 Å². The normalized spacial score (nSPS) is 15.1. The molecule has 1 aromatic rings. The van der Waals surface area contributed by atoms with Gasteiger partial charge in [0.2, 0.25) is 0 Å². The minimum atomic E-state index is 0.686. The van der Waals surface area contributed by atoms with Gasteiger partial charge in [0.25, 0.3) is 0 Å². The van der Waals surface area contributed by atoms with Crippen LogP contribution in [-0.4, -0.2) is 29.1 Å². The zero-order valence-corrected chi connectivity index (χ0v) is 9.89. The number of aryl methyl sites for hydroxylation is 1. The number of hydrogen-bond acceptors (Lipinski definition) is 4. The van der Waals surface area contributed by atoms with E-state index in [9.17, 15) is 0 Å². The van der Waals surface area contributed by atoms with Crippen molar-refractivity contribution in [1.29, 1.82) is 0 Å². The zero-order chi connectivity index (χ0) is 11.4. The second-order valence-corrected chi connectivity index (χ2v) is 4.29. The molecular formula is C12H20N4. The lowest BCUT2D eigenvalue weighted by molar-refractivity contribution is 0.719. The van der Waals surface area contributed by atoms with E-state index in [0.29, 0.717) is 6.04 Å². The van der Waals surface area contributed by atoms with Crippen LogP contribution in [0.2, 0.25) is 0 Å². The maximum atomic E-state index is 5.57. The first-order chi connectivity index (χ1) is 7.85. The van der Waals surface area contributed by atoms with Crippen LogP contribution in [0.4, 0.5) is 5.82 Å². The average Bonchev–Trinajstić information content (AvgIpc) is 3.14. The highest BCUT2D eigenvalue weighted by atomic mass is 15.2. The van der Waals surface area contributed by atoms with Crippen molar-refractivity contribution in [1.82, 2.24) is 9.97 Å². The second-order valence-electron chi connectivity index (χ2n) is 4.29. The van der Waals surface area contributed by atoms with Gasteiger partial charge in [-0.2, -0.15) is 0 Å². The third-order valence-corrected chi connectivity index (χ3v) is 2.96. The van der Waals surface area contributed by atoms with Gasteiger partial charge in [-0.25, -0.2) is 9.97 Å². The molecule has 0 bridgehead atoms. The van der Waals surface area contributed by atoms with Gasteiger partial charge in [0.05, 0.1) is 0 Å². The molecular weight excluding hydrogens is 200 g/mol. The zero-order valence-electron chi connectivity index (χ0n) is 9.89. The number of nitrogens with zero attached hydrogens (tertiary/aromatic N) is 3. The van der Waals surface area contributed by atoms with Crippen LogP contribution in [0, 0.1) is 0 Å². The fourth-order valence-electron chi connectivity index (χ4n) is 1.87. The van der Waals surface area contributed by atoms with E-state index in [0.717, 1.165) is 37.4 Å². The lowest BCUT2D eigenvalue weighted by atomic mass is 10.3. The summed E-state index contributed by atoms with van der Waals surface area (Å²) in [5.41, 5.74) is 6.69. The van der Waals surface area contributed by atoms with Crippen molar-refractivity contribution in [3.63, 3.8) is 0 Å². The summed E-state index contributed by atoms with van der Waals surface area (Å²) < 4.78 is 0. The van der Waals surface area contributed by atoms with E-state index in [1.54, 1.807) is 6.33 Å². The quantitative estimate of drug-likeness (QED) is 0.786. The van der Waals surface area contributed by atoms with Crippen LogP contribution >= 0.6 is 0 Å². The largest absolute Gasteiger partial charge is 0.353 e. The standard InChI is InChI=1S/C12H20N4/c1-2-10-8-12(15-9-14-10)16(7-3-6-13)11-4-5-11/h8-9,11H,2-7,13H2,1H3. The number of nitrogens with two attached hydrogens (primary N) is 1. The lowest BCUT2D eigenvalue weighted by Gasteiger charge is -2.23. The second kappa shape index (κ2) is 5.25. The summed E-state index contributed by atoms with van der Waals surface area (Å²) in [4.78, 5) is 11.0. The van der Waals surface area contributed by atoms with Crippen LogP contribution in [0.3, 0.4) is 0 Å². The first-order valence-corrected chi connectivity index (χ1v) is 6.12. The van der Waals surface area contributed by atoms with Gasteiger partial charge in [0, 0.05) is 24.3 Å². The van der Waals surface area contributed by atoms with E-state index in [-0.39, 0.29) is 0 Å². The summed E-state index contributed by atoms with van der Waals surface area (Å²) in [7, 11) is 0. The molecule has 2 N–H and O–H groups in total. The fraction of sp³-hybridized carbons (Fsp3) is 0.667. The highest BCUT2D eigenvalue weighted by Gasteiger charge is 2.29. The van der Waals surface area contributed by atoms with Crippen LogP contribution in [0.15, 0.2) is 12.4 Å². The SMILES string of the molecule is CCc1cc(N(CCCN)C2CC2)ncn1. The Morgan fingerprint density at radius 2 is 2.25 bits per heavy atom. The van der Waals surface area contributed by atoms with Crippen molar-refractivity contribution >= 4 is 5.82 Å². The molecule has 0 aromatic carbocycles. The van der Waals surface area contributed by atoms with Gasteiger partial charge in [0.1, 0.15) is 12.1 Å². The highest BCUT2D eigenvalue weighted by molar-refractivity contribution is 5.41. The maximum absolute atomic E-state index is 5.57. The fourth-order valence-corrected chi connectivity index (χ4v) is 1.87. The minimum absolute atomic E-state index is 0.686. The maximum Gasteiger partial charge on any atom is 0.132 e. The molecule has 4 heteroatoms. The Hall–Kier alpha value is -1.16. The monoisotopic (exact) mass is 220 g/mol. The van der Waals surface area contributed by atoms with Crippen molar-refractivity contribution < 1.29 is 0 Å². The Bertz CT molecular complexity index is 336. The summed E-state index contributed by atoms with van der Waals surface area (Å²) in [6.07, 6.45) is 6.24. The molecule has 2 rings (SSSR count). The predicted octanol–water partition coefficient (Wildman–Crippen LogP) is 1.36. The summed E-state index contributed by atoms with van der Waals surface area (Å²) >= 11 is 0. The summed E-state index contributed by atoms with van der Waals surface area (Å²) in [5, 5.41) is 0. The smallest absolute Gasteiger partial charge is 0.132 e. The minimum Gasteiger partial charge on any atom is -0.353 e. The molecule has 0 saturated heterocycles. The van der Waals surface area contributed by atoms with Gasteiger partial charge in [-0.15, -0.1) is 0 Å². The Kier molecular flexibility index (Phi) is 3.72. The van der Waals surface area contributed by atoms with Crippen molar-refractivity contribution in [3.05, 3.63) is 18.1 Å². The summed E-state index contributed by atoms with van der Waals surface area (Å²) in [6.45, 7) is 3.88. The third kappa shape index (κ3) is 2.70. The van der Waals surface area contributed by atoms with Crippen molar-refractivity contribution in [2.75, 3.05) is 18.0 Å². The van der Waals surface area contributed by atoms with Crippen molar-refractivity contribution in [2.45, 2.75) is 38.6 Å². The molecule has 1 aromatic heterocycles. The molecule has 88 valence electrons. The summed E-state index contributed by atoms with van der Waals surface area (Å²) in [6, 6.07) is 2.79. The van der Waals surface area contributed by atoms with E-state index in [2.05, 4.69) is 27.9 Å². The molecule has 1 aliphatic carbocycles. The van der Waals surface area contributed by atoms with E-state index in [1.807, 2.05) is 0 Å². The van der Waals surface area contributed by atoms with Crippen LogP contribution in [0.25, 0.3) is 0 Å². The number of rotatable bonds is 6. The molecule has 0 aliphatic heterocycles. The molecule has 1 saturated carbocycles. The topological polar surface area (TPSA) is 55.0 Å². The predicted molar refractivity (Wildman–Crippen MR) is 65.4 cm³/mol. The van der Waals surface area contributed by atoms with Crippen LogP contribution < -0.4 is 10.6 Å². The van der Waals surface area contributed by atoms with Gasteiger partial charge in [-0.05, 0) is 32.2 Å². The number of aromatic nitrogens is 2. The molecule has 1 aliphatic rings. The molecule has 0 amide bonds. The Morgan fingerprint density at radius 3 is 2.88 bits per heavy atom. The van der Waals surface area contributed by atoms with Gasteiger partial charge < -0.3 is 10.6 Å². The van der Waals surface area contributed by atoms with Crippen molar-refractivity contribution in [2.24, 2.45) is 5.73 Å². The van der Waals surface area contributed by atoms with Crippen LogP contribution in [0.1, 0.15) is 31.9 Å². The molecule has 0 radical (unpaired) electrons. The molecule has 1 heterocycles. The highest BCUT2D eigenvalue weighted by Crippen LogP contribution is 2.30. The van der Waals surface area contributed by atoms with E-state index < -0.39 is 0 Å². The average molecular weight is 220 g/mol. The Morgan fingerprint density at radius 1 is 1.44 bits per heavy atom. The third-order valence-electron chi connectivity index (χ3n) is 2.96. The first kappa shape index (κ1) is 11.3. The molecule has 4 nitrogen and oxygen atoms in total. The van der Waals surface area contributed by atoms with Gasteiger partial charge >= 0.3 is 0 Å². The van der Waals surface area contributed by atoms with E-state index in [4.69, 9.17) is 5.73 Å². The number of hydrogen-bond donors (Lipinski definition) is 1. The molecule has 16 heavy (non-hydrogen) atoms. The molecule has 0 unspecified atom stereocenters. The van der Waals surface area contributed by atoms with E-state index in [1.165, 1.54) is 12.8 Å². The number of anilines is 1. The first-order valence-electron chi connectivity index (χ1n) is 6.12. The Balaban J connectivity index is 2.10. The molecule has 0 atom stereocenters. The molecule has 0 spiro atoms. The van der Waals surface area contributed by atoms with Gasteiger partial charge in [-0.3, -0.25) is 0 Å².